The summed E-state index contributed by atoms with van der Waals surface area (Å²) in [6, 6.07) is 11.4. The Morgan fingerprint density at radius 2 is 2.04 bits per heavy atom. The Hall–Kier alpha value is -3.47. The van der Waals surface area contributed by atoms with E-state index in [1.807, 2.05) is 6.07 Å². The lowest BCUT2D eigenvalue weighted by molar-refractivity contribution is -0.389. The van der Waals surface area contributed by atoms with E-state index in [2.05, 4.69) is 4.98 Å². The molecule has 1 aliphatic heterocycles. The Morgan fingerprint density at radius 1 is 1.33 bits per heavy atom. The molecule has 0 N–H and O–H groups in total. The number of pyridine rings is 1. The molecule has 1 aliphatic rings. The van der Waals surface area contributed by atoms with Crippen molar-refractivity contribution >= 4 is 17.5 Å². The first-order valence-electron chi connectivity index (χ1n) is 7.12. The van der Waals surface area contributed by atoms with Crippen LogP contribution < -0.4 is 9.64 Å². The zero-order valence-electron chi connectivity index (χ0n) is 12.7. The molecular formula is C16H12N4O4. The summed E-state index contributed by atoms with van der Waals surface area (Å²) >= 11 is 0. The number of benzene rings is 1. The van der Waals surface area contributed by atoms with Crippen LogP contribution >= 0.6 is 0 Å². The second kappa shape index (κ2) is 5.96. The van der Waals surface area contributed by atoms with E-state index in [0.29, 0.717) is 11.3 Å². The number of hydrogen-bond donors (Lipinski definition) is 0. The molecule has 1 unspecified atom stereocenters. The van der Waals surface area contributed by atoms with Crippen molar-refractivity contribution in [3.05, 3.63) is 57.6 Å². The molecule has 2 aromatic rings. The summed E-state index contributed by atoms with van der Waals surface area (Å²) in [5, 5.41) is 19.8. The molecule has 24 heavy (non-hydrogen) atoms. The van der Waals surface area contributed by atoms with Gasteiger partial charge in [-0.2, -0.15) is 5.26 Å². The van der Waals surface area contributed by atoms with Crippen LogP contribution in [0, 0.1) is 21.4 Å². The molecule has 8 heteroatoms. The molecule has 2 heterocycles. The number of nitro groups is 1. The second-order valence-corrected chi connectivity index (χ2v) is 5.24. The summed E-state index contributed by atoms with van der Waals surface area (Å²) < 4.78 is 5.46. The summed E-state index contributed by atoms with van der Waals surface area (Å²) in [7, 11) is 0. The van der Waals surface area contributed by atoms with E-state index in [-0.39, 0.29) is 24.1 Å². The van der Waals surface area contributed by atoms with Gasteiger partial charge in [-0.05, 0) is 40.6 Å². The quantitative estimate of drug-likeness (QED) is 0.632. The van der Waals surface area contributed by atoms with Crippen LogP contribution in [-0.4, -0.2) is 21.9 Å². The van der Waals surface area contributed by atoms with Crippen molar-refractivity contribution in [2.24, 2.45) is 0 Å². The topological polar surface area (TPSA) is 109 Å². The average molecular weight is 324 g/mol. The molecule has 1 aromatic heterocycles. The molecule has 120 valence electrons. The largest absolute Gasteiger partial charge is 0.475 e. The van der Waals surface area contributed by atoms with Gasteiger partial charge in [0.05, 0.1) is 18.2 Å². The molecule has 1 amide bonds. The first-order chi connectivity index (χ1) is 11.5. The van der Waals surface area contributed by atoms with Crippen LogP contribution in [0.2, 0.25) is 0 Å². The van der Waals surface area contributed by atoms with Crippen LogP contribution in [0.25, 0.3) is 0 Å². The van der Waals surface area contributed by atoms with Gasteiger partial charge < -0.3 is 14.9 Å². The summed E-state index contributed by atoms with van der Waals surface area (Å²) in [6.45, 7) is 1.79. The van der Waals surface area contributed by atoms with Gasteiger partial charge in [0.2, 0.25) is 0 Å². The zero-order chi connectivity index (χ0) is 17.3. The van der Waals surface area contributed by atoms with Gasteiger partial charge in [0.1, 0.15) is 0 Å². The molecule has 1 atom stereocenters. The van der Waals surface area contributed by atoms with Crippen LogP contribution in [0.4, 0.5) is 11.6 Å². The summed E-state index contributed by atoms with van der Waals surface area (Å²) in [6.07, 6.45) is -0.709. The molecule has 3 rings (SSSR count). The van der Waals surface area contributed by atoms with E-state index in [1.54, 1.807) is 31.2 Å². The maximum atomic E-state index is 12.4. The van der Waals surface area contributed by atoms with E-state index in [4.69, 9.17) is 10.00 Å². The molecule has 8 nitrogen and oxygen atoms in total. The lowest BCUT2D eigenvalue weighted by Gasteiger charge is -2.29. The van der Waals surface area contributed by atoms with Gasteiger partial charge in [0.25, 0.3) is 11.7 Å². The summed E-state index contributed by atoms with van der Waals surface area (Å²) in [5.74, 6) is -0.248. The number of anilines is 1. The lowest BCUT2D eigenvalue weighted by atomic mass is 10.1. The number of aromatic nitrogens is 1. The SMILES string of the molecule is CC1Oc2ccc([N+](=O)[O-])nc2N(Cc2ccc(C#N)cc2)C1=O. The number of amides is 1. The number of carbonyl (C=O) groups excluding carboxylic acids is 1. The van der Waals surface area contributed by atoms with Crippen LogP contribution in [-0.2, 0) is 11.3 Å². The number of nitrogens with zero attached hydrogens (tertiary/aromatic N) is 4. The van der Waals surface area contributed by atoms with Crippen LogP contribution in [0.5, 0.6) is 5.75 Å². The molecule has 0 radical (unpaired) electrons. The highest BCUT2D eigenvalue weighted by molar-refractivity contribution is 5.98. The minimum atomic E-state index is -0.709. The van der Waals surface area contributed by atoms with E-state index in [1.165, 1.54) is 17.0 Å². The van der Waals surface area contributed by atoms with E-state index < -0.39 is 11.0 Å². The van der Waals surface area contributed by atoms with Gasteiger partial charge in [-0.15, -0.1) is 0 Å². The molecule has 0 bridgehead atoms. The molecule has 1 aromatic carbocycles. The number of carbonyl (C=O) groups is 1. The highest BCUT2D eigenvalue weighted by Gasteiger charge is 2.36. The Morgan fingerprint density at radius 3 is 2.67 bits per heavy atom. The lowest BCUT2D eigenvalue weighted by Crippen LogP contribution is -2.44. The van der Waals surface area contributed by atoms with Crippen molar-refractivity contribution in [2.75, 3.05) is 4.90 Å². The fourth-order valence-electron chi connectivity index (χ4n) is 2.40. The van der Waals surface area contributed by atoms with Crippen molar-refractivity contribution in [1.82, 2.24) is 4.98 Å². The molecular weight excluding hydrogens is 312 g/mol. The van der Waals surface area contributed by atoms with Crippen molar-refractivity contribution < 1.29 is 14.5 Å². The van der Waals surface area contributed by atoms with Gasteiger partial charge in [-0.3, -0.25) is 9.69 Å². The van der Waals surface area contributed by atoms with E-state index >= 15 is 0 Å². The number of ether oxygens (including phenoxy) is 1. The third kappa shape index (κ3) is 2.75. The maximum Gasteiger partial charge on any atom is 0.366 e. The monoisotopic (exact) mass is 324 g/mol. The Kier molecular flexibility index (Phi) is 3.83. The average Bonchev–Trinajstić information content (AvgIpc) is 2.59. The number of fused-ring (bicyclic) bond motifs is 1. The first-order valence-corrected chi connectivity index (χ1v) is 7.12. The maximum absolute atomic E-state index is 12.4. The van der Waals surface area contributed by atoms with Crippen LogP contribution in [0.1, 0.15) is 18.1 Å². The minimum Gasteiger partial charge on any atom is -0.475 e. The van der Waals surface area contributed by atoms with Crippen molar-refractivity contribution in [1.29, 1.82) is 5.26 Å². The minimum absolute atomic E-state index is 0.122. The van der Waals surface area contributed by atoms with Crippen molar-refractivity contribution in [2.45, 2.75) is 19.6 Å². The van der Waals surface area contributed by atoms with Crippen LogP contribution in [0.3, 0.4) is 0 Å². The standard InChI is InChI=1S/C16H12N4O4/c1-10-16(21)19(9-12-4-2-11(8-17)3-5-12)15-13(24-10)6-7-14(18-15)20(22)23/h2-7,10H,9H2,1H3. The van der Waals surface area contributed by atoms with Gasteiger partial charge in [0, 0.05) is 6.07 Å². The predicted molar refractivity (Wildman–Crippen MR) is 83.3 cm³/mol. The number of hydrogen-bond acceptors (Lipinski definition) is 6. The molecule has 0 saturated carbocycles. The normalized spacial score (nSPS) is 16.1. The molecule has 0 fully saturated rings. The fourth-order valence-corrected chi connectivity index (χ4v) is 2.40. The van der Waals surface area contributed by atoms with Gasteiger partial charge in [-0.25, -0.2) is 0 Å². The smallest absolute Gasteiger partial charge is 0.366 e. The Labute approximate surface area is 137 Å². The van der Waals surface area contributed by atoms with Crippen LogP contribution in [0.15, 0.2) is 36.4 Å². The van der Waals surface area contributed by atoms with E-state index in [0.717, 1.165) is 5.56 Å². The van der Waals surface area contributed by atoms with Crippen molar-refractivity contribution in [3.8, 4) is 11.8 Å². The third-order valence-corrected chi connectivity index (χ3v) is 3.61. The highest BCUT2D eigenvalue weighted by atomic mass is 16.6. The third-order valence-electron chi connectivity index (χ3n) is 3.61. The molecule has 0 aliphatic carbocycles. The Bertz CT molecular complexity index is 857. The van der Waals surface area contributed by atoms with Gasteiger partial charge in [0.15, 0.2) is 11.9 Å². The first kappa shape index (κ1) is 15.4. The van der Waals surface area contributed by atoms with Gasteiger partial charge in [-0.1, -0.05) is 12.1 Å². The fraction of sp³-hybridized carbons (Fsp3) is 0.188. The van der Waals surface area contributed by atoms with Crippen molar-refractivity contribution in [3.63, 3.8) is 0 Å². The summed E-state index contributed by atoms with van der Waals surface area (Å²) in [5.41, 5.74) is 1.28. The molecule has 0 saturated heterocycles. The zero-order valence-corrected chi connectivity index (χ0v) is 12.7. The second-order valence-electron chi connectivity index (χ2n) is 5.24. The highest BCUT2D eigenvalue weighted by Crippen LogP contribution is 2.34. The predicted octanol–water partition coefficient (Wildman–Crippen LogP) is 2.18. The Balaban J connectivity index is 1.99. The number of nitriles is 1. The number of rotatable bonds is 3. The van der Waals surface area contributed by atoms with E-state index in [9.17, 15) is 14.9 Å². The summed E-state index contributed by atoms with van der Waals surface area (Å²) in [4.78, 5) is 28.0. The molecule has 0 spiro atoms. The van der Waals surface area contributed by atoms with Gasteiger partial charge >= 0.3 is 5.82 Å².